The second kappa shape index (κ2) is 8.43. The van der Waals surface area contributed by atoms with Gasteiger partial charge in [-0.25, -0.2) is 0 Å². The smallest absolute Gasteiger partial charge is 0.387 e. The van der Waals surface area contributed by atoms with Gasteiger partial charge in [-0.15, -0.1) is 0 Å². The Kier molecular flexibility index (Phi) is 5.78. The summed E-state index contributed by atoms with van der Waals surface area (Å²) in [5.41, 5.74) is 1.13. The van der Waals surface area contributed by atoms with Crippen molar-refractivity contribution in [2.45, 2.75) is 77.6 Å². The Hall–Kier alpha value is -2.74. The number of ketones is 1. The summed E-state index contributed by atoms with van der Waals surface area (Å²) < 4.78 is 36.9. The van der Waals surface area contributed by atoms with Gasteiger partial charge in [0.1, 0.15) is 5.75 Å². The zero-order chi connectivity index (χ0) is 25.1. The molecule has 4 fully saturated rings. The minimum Gasteiger partial charge on any atom is -0.454 e. The molecule has 188 valence electrons. The van der Waals surface area contributed by atoms with Gasteiger partial charge in [0, 0.05) is 22.6 Å². The number of Topliss-reactive ketones (excluding diaryl/α,β-unsaturated/α-hetero) is 1. The van der Waals surface area contributed by atoms with Gasteiger partial charge in [0.25, 0.3) is 0 Å². The molecule has 4 saturated carbocycles. The lowest BCUT2D eigenvalue weighted by molar-refractivity contribution is -0.197. The highest BCUT2D eigenvalue weighted by Gasteiger charge is 2.61. The van der Waals surface area contributed by atoms with Crippen LogP contribution in [0.4, 0.5) is 8.78 Å². The molecule has 2 aromatic rings. The minimum absolute atomic E-state index is 0.0531. The number of aromatic nitrogens is 1. The Bertz CT molecular complexity index is 1140. The van der Waals surface area contributed by atoms with Crippen LogP contribution in [0, 0.1) is 31.1 Å². The first-order valence-electron chi connectivity index (χ1n) is 12.2. The third-order valence-corrected chi connectivity index (χ3v) is 8.13. The maximum atomic E-state index is 13.3. The molecule has 8 heteroatoms. The summed E-state index contributed by atoms with van der Waals surface area (Å²) in [5.74, 6) is 0.0814. The van der Waals surface area contributed by atoms with Crippen LogP contribution in [0.2, 0.25) is 0 Å². The Morgan fingerprint density at radius 3 is 2.29 bits per heavy atom. The average molecular weight is 488 g/mol. The first kappa shape index (κ1) is 24.0. The number of benzene rings is 1. The molecule has 1 N–H and O–H groups in total. The van der Waals surface area contributed by atoms with Crippen molar-refractivity contribution in [3.8, 4) is 11.4 Å². The fraction of sp³-hybridized carbons (Fsp3) is 0.556. The van der Waals surface area contributed by atoms with E-state index < -0.39 is 23.7 Å². The standard InChI is InChI=1S/C27H31F2NO5/c1-15-8-22(16(2)30(15)20-4-6-21(7-5-20)35-25(28)29)23(31)17(3)34-24(32)26-10-18-9-19(11-26)13-27(33,12-18)14-26/h4-8,17-19,25,33H,9-14H2,1-3H3/t17-,18+,19+,26?,27?/m0/s1. The molecule has 1 aromatic heterocycles. The number of hydrogen-bond donors (Lipinski definition) is 1. The summed E-state index contributed by atoms with van der Waals surface area (Å²) in [6.07, 6.45) is 3.50. The van der Waals surface area contributed by atoms with Crippen LogP contribution >= 0.6 is 0 Å². The summed E-state index contributed by atoms with van der Waals surface area (Å²) in [4.78, 5) is 26.6. The van der Waals surface area contributed by atoms with Gasteiger partial charge in [-0.05, 0) is 101 Å². The predicted molar refractivity (Wildman–Crippen MR) is 124 cm³/mol. The highest BCUT2D eigenvalue weighted by Crippen LogP contribution is 2.62. The molecule has 0 radical (unpaired) electrons. The molecule has 6 nitrogen and oxygen atoms in total. The van der Waals surface area contributed by atoms with E-state index in [1.54, 1.807) is 32.0 Å². The number of aliphatic hydroxyl groups is 1. The molecule has 0 unspecified atom stereocenters. The quantitative estimate of drug-likeness (QED) is 0.432. The van der Waals surface area contributed by atoms with E-state index in [4.69, 9.17) is 4.74 Å². The highest BCUT2D eigenvalue weighted by molar-refractivity contribution is 6.01. The number of halogens is 2. The van der Waals surface area contributed by atoms with Gasteiger partial charge in [-0.2, -0.15) is 8.78 Å². The largest absolute Gasteiger partial charge is 0.454 e. The SMILES string of the molecule is Cc1cc(C(=O)[C@H](C)OC(=O)C23C[C@H]4C[C@@H](CC(O)(C4)C2)C3)c(C)n1-c1ccc(OC(F)F)cc1. The van der Waals surface area contributed by atoms with Crippen LogP contribution in [-0.2, 0) is 9.53 Å². The molecular formula is C27H31F2NO5. The molecule has 4 bridgehead atoms. The fourth-order valence-corrected chi connectivity index (χ4v) is 7.20. The second-order valence-electron chi connectivity index (χ2n) is 10.9. The third-order valence-electron chi connectivity index (χ3n) is 8.13. The molecule has 3 atom stereocenters. The van der Waals surface area contributed by atoms with E-state index in [9.17, 15) is 23.5 Å². The van der Waals surface area contributed by atoms with Crippen molar-refractivity contribution in [2.24, 2.45) is 17.3 Å². The van der Waals surface area contributed by atoms with E-state index >= 15 is 0 Å². The Labute approximate surface area is 203 Å². The molecule has 0 aliphatic heterocycles. The predicted octanol–water partition coefficient (Wildman–Crippen LogP) is 5.14. The number of ether oxygens (including phenoxy) is 2. The van der Waals surface area contributed by atoms with E-state index in [0.29, 0.717) is 35.2 Å². The molecule has 35 heavy (non-hydrogen) atoms. The summed E-state index contributed by atoms with van der Waals surface area (Å²) in [7, 11) is 0. The number of nitrogens with zero attached hydrogens (tertiary/aromatic N) is 1. The first-order valence-corrected chi connectivity index (χ1v) is 12.2. The van der Waals surface area contributed by atoms with Crippen LogP contribution in [0.1, 0.15) is 67.2 Å². The van der Waals surface area contributed by atoms with Crippen LogP contribution in [0.3, 0.4) is 0 Å². The number of aryl methyl sites for hydroxylation is 1. The van der Waals surface area contributed by atoms with E-state index in [0.717, 1.165) is 37.8 Å². The van der Waals surface area contributed by atoms with Crippen LogP contribution < -0.4 is 4.74 Å². The topological polar surface area (TPSA) is 77.8 Å². The summed E-state index contributed by atoms with van der Waals surface area (Å²) in [6, 6.07) is 7.94. The zero-order valence-electron chi connectivity index (χ0n) is 20.2. The molecule has 4 aliphatic carbocycles. The first-order chi connectivity index (χ1) is 16.5. The molecule has 4 aliphatic rings. The normalized spacial score (nSPS) is 29.9. The number of rotatable bonds is 7. The van der Waals surface area contributed by atoms with Gasteiger partial charge in [0.05, 0.1) is 11.0 Å². The maximum absolute atomic E-state index is 13.3. The van der Waals surface area contributed by atoms with Gasteiger partial charge in [-0.3, -0.25) is 9.59 Å². The number of esters is 1. The van der Waals surface area contributed by atoms with E-state index in [1.165, 1.54) is 12.1 Å². The number of hydrogen-bond acceptors (Lipinski definition) is 5. The van der Waals surface area contributed by atoms with Crippen LogP contribution in [0.5, 0.6) is 5.75 Å². The monoisotopic (exact) mass is 487 g/mol. The van der Waals surface area contributed by atoms with Crippen molar-refractivity contribution in [2.75, 3.05) is 0 Å². The number of carbonyl (C=O) groups excluding carboxylic acids is 2. The van der Waals surface area contributed by atoms with Crippen molar-refractivity contribution in [3.05, 3.63) is 47.3 Å². The molecule has 0 spiro atoms. The van der Waals surface area contributed by atoms with Gasteiger partial charge < -0.3 is 19.1 Å². The molecular weight excluding hydrogens is 456 g/mol. The molecule has 1 aromatic carbocycles. The van der Waals surface area contributed by atoms with Crippen molar-refractivity contribution >= 4 is 11.8 Å². The lowest BCUT2D eigenvalue weighted by Crippen LogP contribution is -2.58. The zero-order valence-corrected chi connectivity index (χ0v) is 20.2. The van der Waals surface area contributed by atoms with Gasteiger partial charge in [-0.1, -0.05) is 0 Å². The lowest BCUT2D eigenvalue weighted by atomic mass is 9.48. The third kappa shape index (κ3) is 4.26. The number of alkyl halides is 2. The molecule has 6 rings (SSSR count). The average Bonchev–Trinajstić information content (AvgIpc) is 3.05. The summed E-state index contributed by atoms with van der Waals surface area (Å²) in [6.45, 7) is 2.34. The van der Waals surface area contributed by atoms with Crippen LogP contribution in [0.15, 0.2) is 30.3 Å². The van der Waals surface area contributed by atoms with Crippen molar-refractivity contribution in [1.82, 2.24) is 4.57 Å². The van der Waals surface area contributed by atoms with E-state index in [1.807, 2.05) is 11.5 Å². The number of carbonyl (C=O) groups is 2. The fourth-order valence-electron chi connectivity index (χ4n) is 7.20. The second-order valence-corrected chi connectivity index (χ2v) is 10.9. The van der Waals surface area contributed by atoms with Gasteiger partial charge >= 0.3 is 12.6 Å². The highest BCUT2D eigenvalue weighted by atomic mass is 19.3. The van der Waals surface area contributed by atoms with Crippen molar-refractivity contribution in [3.63, 3.8) is 0 Å². The van der Waals surface area contributed by atoms with Crippen molar-refractivity contribution < 1.29 is 33.0 Å². The molecule has 0 amide bonds. The van der Waals surface area contributed by atoms with Gasteiger partial charge in [0.15, 0.2) is 6.10 Å². The maximum Gasteiger partial charge on any atom is 0.387 e. The van der Waals surface area contributed by atoms with Gasteiger partial charge in [0.2, 0.25) is 5.78 Å². The molecule has 1 heterocycles. The molecule has 0 saturated heterocycles. The van der Waals surface area contributed by atoms with Crippen molar-refractivity contribution in [1.29, 1.82) is 0 Å². The van der Waals surface area contributed by atoms with Crippen LogP contribution in [0.25, 0.3) is 5.69 Å². The van der Waals surface area contributed by atoms with Crippen LogP contribution in [-0.4, -0.2) is 39.7 Å². The summed E-state index contributed by atoms with van der Waals surface area (Å²) >= 11 is 0. The summed E-state index contributed by atoms with van der Waals surface area (Å²) in [5, 5.41) is 11.0. The van der Waals surface area contributed by atoms with E-state index in [2.05, 4.69) is 4.74 Å². The minimum atomic E-state index is -2.90. The Balaban J connectivity index is 1.32. The Morgan fingerprint density at radius 2 is 1.71 bits per heavy atom. The van der Waals surface area contributed by atoms with E-state index in [-0.39, 0.29) is 17.5 Å². The Morgan fingerprint density at radius 1 is 1.09 bits per heavy atom. The lowest BCUT2D eigenvalue weighted by Gasteiger charge is -2.58.